The number of nitrogens with zero attached hydrogens (tertiary/aromatic N) is 1. The lowest BCUT2D eigenvalue weighted by atomic mass is 10.2. The van der Waals surface area contributed by atoms with Crippen molar-refractivity contribution in [3.05, 3.63) is 30.1 Å². The summed E-state index contributed by atoms with van der Waals surface area (Å²) >= 11 is 0. The molecule has 0 aliphatic carbocycles. The quantitative estimate of drug-likeness (QED) is 0.684. The minimum absolute atomic E-state index is 0.226. The fourth-order valence-electron chi connectivity index (χ4n) is 1.31. The lowest BCUT2D eigenvalue weighted by Gasteiger charge is -2.03. The molecule has 0 aromatic carbocycles. The molecule has 0 spiro atoms. The smallest absolute Gasteiger partial charge is 0.303 e. The Labute approximate surface area is 95.3 Å². The highest BCUT2D eigenvalue weighted by Gasteiger charge is 1.97. The molecule has 0 amide bonds. The van der Waals surface area contributed by atoms with E-state index >= 15 is 0 Å². The van der Waals surface area contributed by atoms with Gasteiger partial charge in [-0.05, 0) is 25.0 Å². The Morgan fingerprint density at radius 3 is 2.88 bits per heavy atom. The van der Waals surface area contributed by atoms with E-state index in [1.807, 2.05) is 18.2 Å². The van der Waals surface area contributed by atoms with Crippen LogP contribution in [0.15, 0.2) is 24.4 Å². The van der Waals surface area contributed by atoms with Crippen LogP contribution in [0.5, 0.6) is 0 Å². The zero-order valence-corrected chi connectivity index (χ0v) is 9.26. The standard InChI is InChI=1S/C12H17NO3/c14-12(15)6-2-4-9-16-10-7-11-5-1-3-8-13-11/h1,3,5,8H,2,4,6-7,9-10H2,(H,14,15). The van der Waals surface area contributed by atoms with Crippen LogP contribution in [0.25, 0.3) is 0 Å². The molecule has 0 radical (unpaired) electrons. The van der Waals surface area contributed by atoms with Crippen molar-refractivity contribution in [2.24, 2.45) is 0 Å². The molecule has 1 N–H and O–H groups in total. The van der Waals surface area contributed by atoms with Crippen LogP contribution in [-0.2, 0) is 16.0 Å². The van der Waals surface area contributed by atoms with Gasteiger partial charge in [-0.1, -0.05) is 6.07 Å². The Morgan fingerprint density at radius 1 is 1.31 bits per heavy atom. The molecular weight excluding hydrogens is 206 g/mol. The maximum Gasteiger partial charge on any atom is 0.303 e. The van der Waals surface area contributed by atoms with Gasteiger partial charge in [0, 0.05) is 31.3 Å². The van der Waals surface area contributed by atoms with Crippen LogP contribution in [0, 0.1) is 0 Å². The summed E-state index contributed by atoms with van der Waals surface area (Å²) in [5.74, 6) is -0.742. The summed E-state index contributed by atoms with van der Waals surface area (Å²) in [6.07, 6.45) is 4.28. The van der Waals surface area contributed by atoms with Crippen molar-refractivity contribution in [2.45, 2.75) is 25.7 Å². The zero-order chi connectivity index (χ0) is 11.6. The van der Waals surface area contributed by atoms with Gasteiger partial charge in [0.25, 0.3) is 0 Å². The second kappa shape index (κ2) is 7.82. The van der Waals surface area contributed by atoms with Crippen molar-refractivity contribution in [2.75, 3.05) is 13.2 Å². The molecule has 1 heterocycles. The van der Waals surface area contributed by atoms with Crippen LogP contribution in [0.1, 0.15) is 25.0 Å². The van der Waals surface area contributed by atoms with Gasteiger partial charge in [0.15, 0.2) is 0 Å². The number of rotatable bonds is 8. The fraction of sp³-hybridized carbons (Fsp3) is 0.500. The van der Waals surface area contributed by atoms with E-state index in [4.69, 9.17) is 9.84 Å². The summed E-state index contributed by atoms with van der Waals surface area (Å²) in [5, 5.41) is 8.42. The molecule has 0 atom stereocenters. The van der Waals surface area contributed by atoms with Gasteiger partial charge in [-0.15, -0.1) is 0 Å². The van der Waals surface area contributed by atoms with Crippen LogP contribution < -0.4 is 0 Å². The van der Waals surface area contributed by atoms with Gasteiger partial charge < -0.3 is 9.84 Å². The molecule has 0 bridgehead atoms. The van der Waals surface area contributed by atoms with Crippen LogP contribution in [0.2, 0.25) is 0 Å². The molecule has 1 aromatic heterocycles. The average molecular weight is 223 g/mol. The zero-order valence-electron chi connectivity index (χ0n) is 9.26. The Bertz CT molecular complexity index is 300. The Balaban J connectivity index is 1.94. The van der Waals surface area contributed by atoms with E-state index in [0.717, 1.165) is 18.5 Å². The number of aliphatic carboxylic acids is 1. The third-order valence-electron chi connectivity index (χ3n) is 2.16. The minimum Gasteiger partial charge on any atom is -0.481 e. The minimum atomic E-state index is -0.742. The Kier molecular flexibility index (Phi) is 6.18. The number of unbranched alkanes of at least 4 members (excludes halogenated alkanes) is 1. The molecule has 4 nitrogen and oxygen atoms in total. The first kappa shape index (κ1) is 12.6. The number of aromatic nitrogens is 1. The number of carboxylic acids is 1. The predicted molar refractivity (Wildman–Crippen MR) is 60.2 cm³/mol. The fourth-order valence-corrected chi connectivity index (χ4v) is 1.31. The van der Waals surface area contributed by atoms with Gasteiger partial charge in [0.2, 0.25) is 0 Å². The third-order valence-corrected chi connectivity index (χ3v) is 2.16. The maximum absolute atomic E-state index is 10.2. The first-order valence-corrected chi connectivity index (χ1v) is 5.48. The highest BCUT2D eigenvalue weighted by molar-refractivity contribution is 5.66. The molecule has 1 aromatic rings. The summed E-state index contributed by atoms with van der Waals surface area (Å²) in [6, 6.07) is 5.80. The topological polar surface area (TPSA) is 59.4 Å². The second-order valence-electron chi connectivity index (χ2n) is 3.53. The van der Waals surface area contributed by atoms with Gasteiger partial charge in [0.05, 0.1) is 6.61 Å². The normalized spacial score (nSPS) is 10.2. The van der Waals surface area contributed by atoms with Crippen LogP contribution in [0.4, 0.5) is 0 Å². The number of ether oxygens (including phenoxy) is 1. The molecule has 4 heteroatoms. The van der Waals surface area contributed by atoms with Gasteiger partial charge >= 0.3 is 5.97 Å². The van der Waals surface area contributed by atoms with Crippen molar-refractivity contribution in [1.82, 2.24) is 4.98 Å². The molecular formula is C12H17NO3. The summed E-state index contributed by atoms with van der Waals surface area (Å²) in [6.45, 7) is 1.27. The summed E-state index contributed by atoms with van der Waals surface area (Å²) in [4.78, 5) is 14.4. The molecule has 0 unspecified atom stereocenters. The first-order chi connectivity index (χ1) is 7.79. The van der Waals surface area contributed by atoms with E-state index < -0.39 is 5.97 Å². The second-order valence-corrected chi connectivity index (χ2v) is 3.53. The monoisotopic (exact) mass is 223 g/mol. The first-order valence-electron chi connectivity index (χ1n) is 5.48. The van der Waals surface area contributed by atoms with Gasteiger partial charge in [-0.3, -0.25) is 9.78 Å². The van der Waals surface area contributed by atoms with Crippen molar-refractivity contribution in [3.8, 4) is 0 Å². The molecule has 0 saturated heterocycles. The lowest BCUT2D eigenvalue weighted by Crippen LogP contribution is -2.02. The van der Waals surface area contributed by atoms with Gasteiger partial charge in [-0.2, -0.15) is 0 Å². The molecule has 0 aliphatic rings. The lowest BCUT2D eigenvalue weighted by molar-refractivity contribution is -0.137. The van der Waals surface area contributed by atoms with E-state index in [1.165, 1.54) is 0 Å². The third kappa shape index (κ3) is 6.14. The number of hydrogen-bond acceptors (Lipinski definition) is 3. The Hall–Kier alpha value is -1.42. The summed E-state index contributed by atoms with van der Waals surface area (Å²) < 4.78 is 5.39. The molecule has 88 valence electrons. The predicted octanol–water partition coefficient (Wildman–Crippen LogP) is 1.90. The van der Waals surface area contributed by atoms with E-state index in [9.17, 15) is 4.79 Å². The largest absolute Gasteiger partial charge is 0.481 e. The van der Waals surface area contributed by atoms with Gasteiger partial charge in [-0.25, -0.2) is 0 Å². The van der Waals surface area contributed by atoms with E-state index in [1.54, 1.807) is 6.20 Å². The molecule has 1 rings (SSSR count). The van der Waals surface area contributed by atoms with Crippen molar-refractivity contribution < 1.29 is 14.6 Å². The van der Waals surface area contributed by atoms with Crippen LogP contribution in [0.3, 0.4) is 0 Å². The number of carboxylic acid groups (broad SMARTS) is 1. The van der Waals surface area contributed by atoms with E-state index in [-0.39, 0.29) is 6.42 Å². The van der Waals surface area contributed by atoms with Crippen molar-refractivity contribution >= 4 is 5.97 Å². The maximum atomic E-state index is 10.2. The number of hydrogen-bond donors (Lipinski definition) is 1. The van der Waals surface area contributed by atoms with Crippen molar-refractivity contribution in [1.29, 1.82) is 0 Å². The van der Waals surface area contributed by atoms with Crippen LogP contribution in [-0.4, -0.2) is 29.3 Å². The van der Waals surface area contributed by atoms with Crippen LogP contribution >= 0.6 is 0 Å². The average Bonchev–Trinajstić information content (AvgIpc) is 2.29. The number of pyridine rings is 1. The van der Waals surface area contributed by atoms with E-state index in [0.29, 0.717) is 19.6 Å². The highest BCUT2D eigenvalue weighted by atomic mass is 16.5. The Morgan fingerprint density at radius 2 is 2.19 bits per heavy atom. The highest BCUT2D eigenvalue weighted by Crippen LogP contribution is 1.98. The molecule has 0 aliphatic heterocycles. The van der Waals surface area contributed by atoms with Gasteiger partial charge in [0.1, 0.15) is 0 Å². The molecule has 0 fully saturated rings. The van der Waals surface area contributed by atoms with E-state index in [2.05, 4.69) is 4.98 Å². The summed E-state index contributed by atoms with van der Waals surface area (Å²) in [7, 11) is 0. The van der Waals surface area contributed by atoms with Crippen molar-refractivity contribution in [3.63, 3.8) is 0 Å². The number of carbonyl (C=O) groups is 1. The molecule has 16 heavy (non-hydrogen) atoms. The summed E-state index contributed by atoms with van der Waals surface area (Å²) in [5.41, 5.74) is 1.02. The SMILES string of the molecule is O=C(O)CCCCOCCc1ccccn1. The molecule has 0 saturated carbocycles.